The number of benzene rings is 1. The molecule has 0 spiro atoms. The molecule has 1 aliphatic heterocycles. The van der Waals surface area contributed by atoms with Crippen molar-refractivity contribution in [1.82, 2.24) is 0 Å². The van der Waals surface area contributed by atoms with Crippen molar-refractivity contribution >= 4 is 5.97 Å². The lowest BCUT2D eigenvalue weighted by Crippen LogP contribution is -2.27. The number of hydrogen-bond acceptors (Lipinski definition) is 3. The Labute approximate surface area is 102 Å². The summed E-state index contributed by atoms with van der Waals surface area (Å²) in [7, 11) is 0. The second-order valence-electron chi connectivity index (χ2n) is 5.34. The topological polar surface area (TPSA) is 35.5 Å². The van der Waals surface area contributed by atoms with Crippen LogP contribution in [0.2, 0.25) is 0 Å². The van der Waals surface area contributed by atoms with E-state index in [4.69, 9.17) is 9.47 Å². The highest BCUT2D eigenvalue weighted by atomic mass is 16.6. The molecule has 1 aliphatic rings. The van der Waals surface area contributed by atoms with Gasteiger partial charge in [0.25, 0.3) is 0 Å². The van der Waals surface area contributed by atoms with E-state index in [0.29, 0.717) is 6.42 Å². The fraction of sp³-hybridized carbons (Fsp3) is 0.500. The van der Waals surface area contributed by atoms with E-state index < -0.39 is 5.60 Å². The van der Waals surface area contributed by atoms with Crippen molar-refractivity contribution in [2.24, 2.45) is 0 Å². The molecule has 0 saturated heterocycles. The maximum Gasteiger partial charge on any atom is 0.310 e. The van der Waals surface area contributed by atoms with Crippen LogP contribution in [0.25, 0.3) is 0 Å². The molecule has 92 valence electrons. The Hall–Kier alpha value is -1.51. The molecule has 17 heavy (non-hydrogen) atoms. The quantitative estimate of drug-likeness (QED) is 0.738. The summed E-state index contributed by atoms with van der Waals surface area (Å²) >= 11 is 0. The van der Waals surface area contributed by atoms with Crippen LogP contribution in [-0.2, 0) is 16.0 Å². The molecule has 3 heteroatoms. The van der Waals surface area contributed by atoms with Gasteiger partial charge in [0.1, 0.15) is 17.5 Å². The average molecular weight is 234 g/mol. The van der Waals surface area contributed by atoms with E-state index >= 15 is 0 Å². The summed E-state index contributed by atoms with van der Waals surface area (Å²) in [6, 6.07) is 7.89. The molecule has 1 aromatic rings. The summed E-state index contributed by atoms with van der Waals surface area (Å²) in [6.45, 7) is 5.61. The second-order valence-corrected chi connectivity index (χ2v) is 5.34. The lowest BCUT2D eigenvalue weighted by atomic mass is 10.1. The standard InChI is InChI=1S/C14H18O3/c1-14(2,3)17-13(15)9-11-8-10-6-4-5-7-12(10)16-11/h4-7,11H,8-9H2,1-3H3/t11-/m1/s1. The Morgan fingerprint density at radius 3 is 2.76 bits per heavy atom. The number of rotatable bonds is 2. The van der Waals surface area contributed by atoms with Gasteiger partial charge in [-0.2, -0.15) is 0 Å². The van der Waals surface area contributed by atoms with Crippen molar-refractivity contribution in [3.8, 4) is 5.75 Å². The van der Waals surface area contributed by atoms with E-state index in [1.54, 1.807) is 0 Å². The molecule has 0 radical (unpaired) electrons. The van der Waals surface area contributed by atoms with Gasteiger partial charge in [-0.15, -0.1) is 0 Å². The predicted molar refractivity (Wildman–Crippen MR) is 65.0 cm³/mol. The van der Waals surface area contributed by atoms with Crippen molar-refractivity contribution < 1.29 is 14.3 Å². The van der Waals surface area contributed by atoms with Crippen LogP contribution in [0.5, 0.6) is 5.75 Å². The molecule has 0 aromatic heterocycles. The van der Waals surface area contributed by atoms with Crippen LogP contribution in [0.4, 0.5) is 0 Å². The fourth-order valence-electron chi connectivity index (χ4n) is 1.94. The molecule has 0 aliphatic carbocycles. The highest BCUT2D eigenvalue weighted by Gasteiger charge is 2.27. The van der Waals surface area contributed by atoms with Gasteiger partial charge < -0.3 is 9.47 Å². The van der Waals surface area contributed by atoms with Gasteiger partial charge >= 0.3 is 5.97 Å². The molecule has 1 atom stereocenters. The van der Waals surface area contributed by atoms with Gasteiger partial charge in [0.05, 0.1) is 6.42 Å². The molecule has 0 amide bonds. The molecule has 0 saturated carbocycles. The summed E-state index contributed by atoms with van der Waals surface area (Å²) in [5.41, 5.74) is 0.740. The van der Waals surface area contributed by atoms with Crippen LogP contribution < -0.4 is 4.74 Å². The zero-order valence-electron chi connectivity index (χ0n) is 10.5. The molecular formula is C14H18O3. The molecule has 2 rings (SSSR count). The Kier molecular flexibility index (Phi) is 3.09. The monoisotopic (exact) mass is 234 g/mol. The number of carbonyl (C=O) groups is 1. The SMILES string of the molecule is CC(C)(C)OC(=O)C[C@H]1Cc2ccccc2O1. The number of ether oxygens (including phenoxy) is 2. The van der Waals surface area contributed by atoms with E-state index in [-0.39, 0.29) is 12.1 Å². The normalized spacial score (nSPS) is 18.4. The van der Waals surface area contributed by atoms with Crippen LogP contribution >= 0.6 is 0 Å². The summed E-state index contributed by atoms with van der Waals surface area (Å²) in [6.07, 6.45) is 1.02. The van der Waals surface area contributed by atoms with Crippen LogP contribution in [-0.4, -0.2) is 17.7 Å². The summed E-state index contributed by atoms with van der Waals surface area (Å²) in [4.78, 5) is 11.7. The average Bonchev–Trinajstić information content (AvgIpc) is 2.55. The van der Waals surface area contributed by atoms with E-state index in [0.717, 1.165) is 12.2 Å². The van der Waals surface area contributed by atoms with Gasteiger partial charge in [0, 0.05) is 6.42 Å². The second kappa shape index (κ2) is 4.40. The third kappa shape index (κ3) is 3.22. The van der Waals surface area contributed by atoms with Crippen molar-refractivity contribution in [2.75, 3.05) is 0 Å². The Morgan fingerprint density at radius 1 is 1.41 bits per heavy atom. The first-order valence-corrected chi connectivity index (χ1v) is 5.90. The van der Waals surface area contributed by atoms with Crippen LogP contribution in [0.15, 0.2) is 24.3 Å². The third-order valence-electron chi connectivity index (χ3n) is 2.53. The highest BCUT2D eigenvalue weighted by Crippen LogP contribution is 2.29. The number of hydrogen-bond donors (Lipinski definition) is 0. The number of carbonyl (C=O) groups excluding carboxylic acids is 1. The van der Waals surface area contributed by atoms with Gasteiger partial charge in [-0.3, -0.25) is 4.79 Å². The predicted octanol–water partition coefficient (Wildman–Crippen LogP) is 2.72. The zero-order chi connectivity index (χ0) is 12.5. The Balaban J connectivity index is 1.90. The van der Waals surface area contributed by atoms with E-state index in [1.807, 2.05) is 45.0 Å². The maximum absolute atomic E-state index is 11.7. The van der Waals surface area contributed by atoms with Gasteiger partial charge in [-0.1, -0.05) is 18.2 Å². The third-order valence-corrected chi connectivity index (χ3v) is 2.53. The number of esters is 1. The van der Waals surface area contributed by atoms with E-state index in [9.17, 15) is 4.79 Å². The summed E-state index contributed by atoms with van der Waals surface area (Å²) in [5.74, 6) is 0.691. The molecule has 1 heterocycles. The molecule has 1 aromatic carbocycles. The van der Waals surface area contributed by atoms with Gasteiger partial charge in [0.15, 0.2) is 0 Å². The molecule has 0 bridgehead atoms. The van der Waals surface area contributed by atoms with Crippen molar-refractivity contribution in [1.29, 1.82) is 0 Å². The maximum atomic E-state index is 11.7. The Morgan fingerprint density at radius 2 is 2.12 bits per heavy atom. The molecule has 0 fully saturated rings. The highest BCUT2D eigenvalue weighted by molar-refractivity contribution is 5.70. The molecule has 0 unspecified atom stereocenters. The summed E-state index contributed by atoms with van der Waals surface area (Å²) < 4.78 is 11.0. The first-order chi connectivity index (χ1) is 7.94. The Bertz CT molecular complexity index is 393. The lowest BCUT2D eigenvalue weighted by Gasteiger charge is -2.20. The minimum atomic E-state index is -0.428. The largest absolute Gasteiger partial charge is 0.489 e. The molecule has 0 N–H and O–H groups in total. The van der Waals surface area contributed by atoms with E-state index in [1.165, 1.54) is 5.56 Å². The lowest BCUT2D eigenvalue weighted by molar-refractivity contribution is -0.156. The van der Waals surface area contributed by atoms with Crippen molar-refractivity contribution in [3.05, 3.63) is 29.8 Å². The first-order valence-electron chi connectivity index (χ1n) is 5.90. The van der Waals surface area contributed by atoms with Crippen LogP contribution in [0, 0.1) is 0 Å². The van der Waals surface area contributed by atoms with Crippen molar-refractivity contribution in [2.45, 2.75) is 45.3 Å². The first kappa shape index (κ1) is 12.0. The number of fused-ring (bicyclic) bond motifs is 1. The van der Waals surface area contributed by atoms with Gasteiger partial charge in [-0.05, 0) is 32.4 Å². The van der Waals surface area contributed by atoms with Gasteiger partial charge in [-0.25, -0.2) is 0 Å². The minimum absolute atomic E-state index is 0.0813. The molecule has 3 nitrogen and oxygen atoms in total. The van der Waals surface area contributed by atoms with Crippen molar-refractivity contribution in [3.63, 3.8) is 0 Å². The minimum Gasteiger partial charge on any atom is -0.489 e. The summed E-state index contributed by atoms with van der Waals surface area (Å²) in [5, 5.41) is 0. The van der Waals surface area contributed by atoms with Gasteiger partial charge in [0.2, 0.25) is 0 Å². The zero-order valence-corrected chi connectivity index (χ0v) is 10.5. The molecular weight excluding hydrogens is 216 g/mol. The number of para-hydroxylation sites is 1. The van der Waals surface area contributed by atoms with E-state index in [2.05, 4.69) is 0 Å². The van der Waals surface area contributed by atoms with Crippen LogP contribution in [0.3, 0.4) is 0 Å². The van der Waals surface area contributed by atoms with Crippen LogP contribution in [0.1, 0.15) is 32.8 Å². The smallest absolute Gasteiger partial charge is 0.310 e. The fourth-order valence-corrected chi connectivity index (χ4v) is 1.94.